The minimum atomic E-state index is -3.26. The molecule has 2 heterocycles. The van der Waals surface area contributed by atoms with Gasteiger partial charge in [-0.25, -0.2) is 17.8 Å². The summed E-state index contributed by atoms with van der Waals surface area (Å²) in [7, 11) is 0.953. The van der Waals surface area contributed by atoms with E-state index in [4.69, 9.17) is 4.98 Å². The average Bonchev–Trinajstić information content (AvgIpc) is 3.73. The maximum Gasteiger partial charge on any atom is 0.175 e. The van der Waals surface area contributed by atoms with E-state index in [1.807, 2.05) is 30.7 Å². The molecule has 1 saturated carbocycles. The van der Waals surface area contributed by atoms with Crippen LogP contribution < -0.4 is 0 Å². The van der Waals surface area contributed by atoms with E-state index in [9.17, 15) is 8.42 Å². The number of halogens is 1. The molecule has 4 aromatic rings. The van der Waals surface area contributed by atoms with Gasteiger partial charge in [0, 0.05) is 43.1 Å². The van der Waals surface area contributed by atoms with Crippen molar-refractivity contribution in [2.75, 3.05) is 26.4 Å². The fourth-order valence-electron chi connectivity index (χ4n) is 6.09. The summed E-state index contributed by atoms with van der Waals surface area (Å²) in [5.74, 6) is 0.591. The van der Waals surface area contributed by atoms with Crippen LogP contribution in [-0.4, -0.2) is 66.2 Å². The number of hydrogen-bond donors (Lipinski definition) is 0. The number of piperidine rings is 1. The number of likely N-dealkylation sites (tertiary alicyclic amines) is 1. The molecule has 2 aliphatic rings. The Hall–Kier alpha value is -3.07. The summed E-state index contributed by atoms with van der Waals surface area (Å²) in [4.78, 5) is 10.1. The standard InChI is InChI=1S/C32H37FN4O2S/c1-21-17-25(19-30-31(21)34-32(36(30)3)22-7-11-28(12-8-22)40(4,38)39)23-5-6-24(29(33)18-23)20-37-15-13-27(14-16-37)35(2)26-9-10-26/h5-8,11-12,17-19,26-27H,9-10,13-16,20H2,1-4H3. The minimum absolute atomic E-state index is 0.163. The third kappa shape index (κ3) is 5.32. The summed E-state index contributed by atoms with van der Waals surface area (Å²) in [6.07, 6.45) is 6.18. The highest BCUT2D eigenvalue weighted by atomic mass is 32.2. The second-order valence-corrected chi connectivity index (χ2v) is 13.7. The van der Waals surface area contributed by atoms with Gasteiger partial charge in [0.1, 0.15) is 11.6 Å². The number of sulfone groups is 1. The number of benzene rings is 3. The van der Waals surface area contributed by atoms with Gasteiger partial charge >= 0.3 is 0 Å². The zero-order valence-corrected chi connectivity index (χ0v) is 24.5. The van der Waals surface area contributed by atoms with Crippen LogP contribution in [0.4, 0.5) is 4.39 Å². The van der Waals surface area contributed by atoms with E-state index < -0.39 is 9.84 Å². The lowest BCUT2D eigenvalue weighted by molar-refractivity contribution is 0.118. The second-order valence-electron chi connectivity index (χ2n) is 11.7. The SMILES string of the molecule is Cc1cc(-c2ccc(CN3CCC(N(C)C4CC4)CC3)c(F)c2)cc2c1nc(-c1ccc(S(C)(=O)=O)cc1)n2C. The molecule has 0 N–H and O–H groups in total. The van der Waals surface area contributed by atoms with E-state index in [1.165, 1.54) is 19.1 Å². The Morgan fingerprint density at radius 2 is 1.57 bits per heavy atom. The molecule has 1 aliphatic carbocycles. The Bertz CT molecular complexity index is 1670. The molecule has 2 fully saturated rings. The van der Waals surface area contributed by atoms with Crippen molar-refractivity contribution in [2.45, 2.75) is 56.1 Å². The smallest absolute Gasteiger partial charge is 0.175 e. The maximum absolute atomic E-state index is 15.4. The Balaban J connectivity index is 1.21. The molecule has 0 atom stereocenters. The normalized spacial score (nSPS) is 17.2. The number of imidazole rings is 1. The molecule has 1 aliphatic heterocycles. The molecule has 40 heavy (non-hydrogen) atoms. The van der Waals surface area contributed by atoms with Crippen molar-refractivity contribution in [1.82, 2.24) is 19.4 Å². The zero-order chi connectivity index (χ0) is 28.2. The van der Waals surface area contributed by atoms with Gasteiger partial charge in [-0.2, -0.15) is 0 Å². The Morgan fingerprint density at radius 1 is 0.925 bits per heavy atom. The third-order valence-corrected chi connectivity index (χ3v) is 9.88. The van der Waals surface area contributed by atoms with Gasteiger partial charge in [0.15, 0.2) is 9.84 Å². The molecule has 210 valence electrons. The quantitative estimate of drug-likeness (QED) is 0.285. The fourth-order valence-corrected chi connectivity index (χ4v) is 6.72. The number of rotatable bonds is 7. The van der Waals surface area contributed by atoms with E-state index >= 15 is 4.39 Å². The average molecular weight is 561 g/mol. The molecule has 0 spiro atoms. The lowest BCUT2D eigenvalue weighted by Crippen LogP contribution is -2.43. The molecule has 8 heteroatoms. The highest BCUT2D eigenvalue weighted by Gasteiger charge is 2.32. The van der Waals surface area contributed by atoms with Gasteiger partial charge in [0.25, 0.3) is 0 Å². The van der Waals surface area contributed by atoms with Crippen molar-refractivity contribution >= 4 is 20.9 Å². The van der Waals surface area contributed by atoms with Crippen LogP contribution in [0.1, 0.15) is 36.8 Å². The first kappa shape index (κ1) is 27.1. The molecule has 1 saturated heterocycles. The van der Waals surface area contributed by atoms with Gasteiger partial charge in [-0.3, -0.25) is 4.90 Å². The van der Waals surface area contributed by atoms with Gasteiger partial charge in [0.2, 0.25) is 0 Å². The Morgan fingerprint density at radius 3 is 2.20 bits per heavy atom. The minimum Gasteiger partial charge on any atom is -0.327 e. The van der Waals surface area contributed by atoms with E-state index in [1.54, 1.807) is 30.3 Å². The first-order valence-corrected chi connectivity index (χ1v) is 16.0. The van der Waals surface area contributed by atoms with Crippen LogP contribution in [0.2, 0.25) is 0 Å². The van der Waals surface area contributed by atoms with Crippen molar-refractivity contribution in [3.8, 4) is 22.5 Å². The predicted octanol–water partition coefficient (Wildman–Crippen LogP) is 5.82. The van der Waals surface area contributed by atoms with E-state index in [-0.39, 0.29) is 10.7 Å². The van der Waals surface area contributed by atoms with Crippen LogP contribution in [-0.2, 0) is 23.4 Å². The van der Waals surface area contributed by atoms with Crippen LogP contribution in [0.5, 0.6) is 0 Å². The van der Waals surface area contributed by atoms with Crippen molar-refractivity contribution < 1.29 is 12.8 Å². The highest BCUT2D eigenvalue weighted by molar-refractivity contribution is 7.90. The first-order valence-electron chi connectivity index (χ1n) is 14.1. The van der Waals surface area contributed by atoms with Crippen LogP contribution in [0, 0.1) is 12.7 Å². The van der Waals surface area contributed by atoms with Gasteiger partial charge in [-0.15, -0.1) is 0 Å². The lowest BCUT2D eigenvalue weighted by Gasteiger charge is -2.37. The van der Waals surface area contributed by atoms with Crippen LogP contribution >= 0.6 is 0 Å². The van der Waals surface area contributed by atoms with Gasteiger partial charge in [-0.05, 0) is 112 Å². The van der Waals surface area contributed by atoms with Crippen LogP contribution in [0.15, 0.2) is 59.5 Å². The summed E-state index contributed by atoms with van der Waals surface area (Å²) < 4.78 is 41.1. The van der Waals surface area contributed by atoms with Crippen molar-refractivity contribution in [3.63, 3.8) is 0 Å². The maximum atomic E-state index is 15.4. The molecule has 0 amide bonds. The summed E-state index contributed by atoms with van der Waals surface area (Å²) in [6.45, 7) is 4.69. The number of aromatic nitrogens is 2. The lowest BCUT2D eigenvalue weighted by atomic mass is 9.99. The zero-order valence-electron chi connectivity index (χ0n) is 23.7. The molecule has 6 rings (SSSR count). The molecule has 0 bridgehead atoms. The van der Waals surface area contributed by atoms with Crippen LogP contribution in [0.25, 0.3) is 33.5 Å². The number of fused-ring (bicyclic) bond motifs is 1. The Kier molecular flexibility index (Phi) is 7.05. The van der Waals surface area contributed by atoms with Crippen molar-refractivity contribution in [3.05, 3.63) is 71.5 Å². The Labute approximate surface area is 236 Å². The monoisotopic (exact) mass is 560 g/mol. The van der Waals surface area contributed by atoms with Crippen molar-refractivity contribution in [2.24, 2.45) is 7.05 Å². The molecule has 6 nitrogen and oxygen atoms in total. The predicted molar refractivity (Wildman–Crippen MR) is 158 cm³/mol. The largest absolute Gasteiger partial charge is 0.327 e. The molecular weight excluding hydrogens is 523 g/mol. The molecule has 0 unspecified atom stereocenters. The topological polar surface area (TPSA) is 58.4 Å². The second kappa shape index (κ2) is 10.4. The molecule has 1 aromatic heterocycles. The van der Waals surface area contributed by atoms with Crippen molar-refractivity contribution in [1.29, 1.82) is 0 Å². The highest BCUT2D eigenvalue weighted by Crippen LogP contribution is 2.33. The van der Waals surface area contributed by atoms with E-state index in [0.717, 1.165) is 76.6 Å². The molecule has 0 radical (unpaired) electrons. The van der Waals surface area contributed by atoms with Crippen LogP contribution in [0.3, 0.4) is 0 Å². The van der Waals surface area contributed by atoms with E-state index in [2.05, 4.69) is 29.0 Å². The van der Waals surface area contributed by atoms with Gasteiger partial charge < -0.3 is 9.47 Å². The number of nitrogens with zero attached hydrogens (tertiary/aromatic N) is 4. The van der Waals surface area contributed by atoms with Gasteiger partial charge in [0.05, 0.1) is 15.9 Å². The van der Waals surface area contributed by atoms with E-state index in [0.29, 0.717) is 12.6 Å². The van der Waals surface area contributed by atoms with Gasteiger partial charge in [-0.1, -0.05) is 12.1 Å². The third-order valence-electron chi connectivity index (χ3n) is 8.75. The summed E-state index contributed by atoms with van der Waals surface area (Å²) in [5, 5.41) is 0. The number of aryl methyl sites for hydroxylation is 2. The number of hydrogen-bond acceptors (Lipinski definition) is 5. The summed E-state index contributed by atoms with van der Waals surface area (Å²) in [6, 6.07) is 18.0. The fraction of sp³-hybridized carbons (Fsp3) is 0.406. The summed E-state index contributed by atoms with van der Waals surface area (Å²) in [5.41, 5.74) is 6.20. The molecular formula is C32H37FN4O2S. The first-order chi connectivity index (χ1) is 19.1. The summed E-state index contributed by atoms with van der Waals surface area (Å²) >= 11 is 0. The molecule has 3 aromatic carbocycles.